The first-order valence-electron chi connectivity index (χ1n) is 12.8. The molecule has 2 amide bonds. The zero-order valence-electron chi connectivity index (χ0n) is 22.7. The summed E-state index contributed by atoms with van der Waals surface area (Å²) in [6.45, 7) is 5.87. The van der Waals surface area contributed by atoms with Gasteiger partial charge in [-0.25, -0.2) is 4.98 Å². The standard InChI is InChI=1S/C29H36N4O4S/c1-19-6-8-23(16-20(19)2)30-29-31-24(18-38-29)28(35)33-14-11-22(12-15-33)27(34)32(3)13-10-21-7-9-25(36-4)26(17-21)37-5/h6-9,16-18,22H,10-15H2,1-5H3,(H,30,31). The first-order chi connectivity index (χ1) is 18.3. The van der Waals surface area contributed by atoms with E-state index in [4.69, 9.17) is 9.47 Å². The Balaban J connectivity index is 1.26. The lowest BCUT2D eigenvalue weighted by Gasteiger charge is -2.33. The molecule has 3 aromatic rings. The van der Waals surface area contributed by atoms with Gasteiger partial charge in [0.25, 0.3) is 5.91 Å². The van der Waals surface area contributed by atoms with E-state index >= 15 is 0 Å². The van der Waals surface area contributed by atoms with E-state index in [2.05, 4.69) is 36.3 Å². The van der Waals surface area contributed by atoms with Crippen molar-refractivity contribution >= 4 is 34.0 Å². The number of nitrogens with one attached hydrogen (secondary N) is 1. The molecule has 4 rings (SSSR count). The number of likely N-dealkylation sites (N-methyl/N-ethyl adjacent to an activating group) is 1. The van der Waals surface area contributed by atoms with Gasteiger partial charge in [-0.1, -0.05) is 12.1 Å². The predicted molar refractivity (Wildman–Crippen MR) is 151 cm³/mol. The molecule has 1 aliphatic rings. The van der Waals surface area contributed by atoms with Crippen LogP contribution in [0, 0.1) is 19.8 Å². The molecule has 0 spiro atoms. The second-order valence-corrected chi connectivity index (χ2v) is 10.6. The number of benzene rings is 2. The smallest absolute Gasteiger partial charge is 0.273 e. The molecule has 0 aliphatic carbocycles. The van der Waals surface area contributed by atoms with E-state index in [1.807, 2.05) is 36.2 Å². The van der Waals surface area contributed by atoms with Gasteiger partial charge in [0, 0.05) is 43.7 Å². The number of anilines is 2. The van der Waals surface area contributed by atoms with Gasteiger partial charge in [-0.15, -0.1) is 11.3 Å². The number of methoxy groups -OCH3 is 2. The van der Waals surface area contributed by atoms with Crippen LogP contribution in [-0.2, 0) is 11.2 Å². The highest BCUT2D eigenvalue weighted by atomic mass is 32.1. The lowest BCUT2D eigenvalue weighted by molar-refractivity contribution is -0.135. The van der Waals surface area contributed by atoms with Crippen molar-refractivity contribution < 1.29 is 19.1 Å². The van der Waals surface area contributed by atoms with Crippen LogP contribution in [0.4, 0.5) is 10.8 Å². The van der Waals surface area contributed by atoms with Crippen LogP contribution in [-0.4, -0.2) is 67.5 Å². The Morgan fingerprint density at radius 2 is 1.79 bits per heavy atom. The fourth-order valence-corrected chi connectivity index (χ4v) is 5.32. The molecule has 1 fully saturated rings. The highest BCUT2D eigenvalue weighted by Gasteiger charge is 2.30. The molecule has 38 heavy (non-hydrogen) atoms. The van der Waals surface area contributed by atoms with Gasteiger partial charge in [-0.05, 0) is 74.1 Å². The number of thiazole rings is 1. The van der Waals surface area contributed by atoms with E-state index in [1.54, 1.807) is 24.5 Å². The van der Waals surface area contributed by atoms with E-state index in [1.165, 1.54) is 22.5 Å². The number of carbonyl (C=O) groups excluding carboxylic acids is 2. The Morgan fingerprint density at radius 3 is 2.47 bits per heavy atom. The van der Waals surface area contributed by atoms with Crippen molar-refractivity contribution in [2.45, 2.75) is 33.1 Å². The summed E-state index contributed by atoms with van der Waals surface area (Å²) < 4.78 is 10.7. The van der Waals surface area contributed by atoms with Crippen LogP contribution in [0.15, 0.2) is 41.8 Å². The summed E-state index contributed by atoms with van der Waals surface area (Å²) in [6, 6.07) is 12.0. The minimum Gasteiger partial charge on any atom is -0.493 e. The summed E-state index contributed by atoms with van der Waals surface area (Å²) in [5.74, 6) is 1.35. The summed E-state index contributed by atoms with van der Waals surface area (Å²) in [6.07, 6.45) is 2.04. The van der Waals surface area contributed by atoms with E-state index < -0.39 is 0 Å². The average Bonchev–Trinajstić information content (AvgIpc) is 3.41. The van der Waals surface area contributed by atoms with Crippen molar-refractivity contribution in [1.82, 2.24) is 14.8 Å². The molecule has 2 aromatic carbocycles. The van der Waals surface area contributed by atoms with Gasteiger partial charge >= 0.3 is 0 Å². The van der Waals surface area contributed by atoms with Crippen molar-refractivity contribution in [2.75, 3.05) is 46.2 Å². The molecule has 1 N–H and O–H groups in total. The largest absolute Gasteiger partial charge is 0.493 e. The summed E-state index contributed by atoms with van der Waals surface area (Å²) in [7, 11) is 5.08. The Bertz CT molecular complexity index is 1280. The maximum atomic E-state index is 13.1. The van der Waals surface area contributed by atoms with E-state index in [-0.39, 0.29) is 17.7 Å². The van der Waals surface area contributed by atoms with Crippen LogP contribution in [0.3, 0.4) is 0 Å². The van der Waals surface area contributed by atoms with Crippen molar-refractivity contribution in [3.05, 3.63) is 64.2 Å². The maximum absolute atomic E-state index is 13.1. The molecule has 9 heteroatoms. The molecule has 0 bridgehead atoms. The molecule has 0 saturated carbocycles. The number of aromatic nitrogens is 1. The minimum atomic E-state index is -0.0814. The number of ether oxygens (including phenoxy) is 2. The number of piperidine rings is 1. The van der Waals surface area contributed by atoms with Gasteiger partial charge in [0.2, 0.25) is 5.91 Å². The van der Waals surface area contributed by atoms with Crippen LogP contribution in [0.25, 0.3) is 0 Å². The third kappa shape index (κ3) is 6.45. The predicted octanol–water partition coefficient (Wildman–Crippen LogP) is 5.07. The molecule has 2 heterocycles. The molecule has 0 radical (unpaired) electrons. The van der Waals surface area contributed by atoms with Gasteiger partial charge in [0.05, 0.1) is 14.2 Å². The third-order valence-electron chi connectivity index (χ3n) is 7.17. The molecule has 202 valence electrons. The fraction of sp³-hybridized carbons (Fsp3) is 0.414. The normalized spacial score (nSPS) is 13.8. The number of rotatable bonds is 9. The van der Waals surface area contributed by atoms with Gasteiger partial charge in [0.1, 0.15) is 5.69 Å². The molecule has 8 nitrogen and oxygen atoms in total. The number of amides is 2. The van der Waals surface area contributed by atoms with Gasteiger partial charge in [-0.3, -0.25) is 9.59 Å². The lowest BCUT2D eigenvalue weighted by atomic mass is 9.95. The Morgan fingerprint density at radius 1 is 1.05 bits per heavy atom. The highest BCUT2D eigenvalue weighted by Crippen LogP contribution is 2.28. The SMILES string of the molecule is COc1ccc(CCN(C)C(=O)C2CCN(C(=O)c3csc(Nc4ccc(C)c(C)c4)n3)CC2)cc1OC. The molecule has 0 atom stereocenters. The second kappa shape index (κ2) is 12.3. The topological polar surface area (TPSA) is 84.0 Å². The van der Waals surface area contributed by atoms with Crippen molar-refractivity contribution in [3.63, 3.8) is 0 Å². The number of hydrogen-bond donors (Lipinski definition) is 1. The van der Waals surface area contributed by atoms with Crippen LogP contribution in [0.2, 0.25) is 0 Å². The van der Waals surface area contributed by atoms with E-state index in [0.29, 0.717) is 54.8 Å². The second-order valence-electron chi connectivity index (χ2n) is 9.73. The molecule has 1 aromatic heterocycles. The highest BCUT2D eigenvalue weighted by molar-refractivity contribution is 7.14. The van der Waals surface area contributed by atoms with Crippen LogP contribution in [0.5, 0.6) is 11.5 Å². The number of aryl methyl sites for hydroxylation is 2. The molecule has 1 aliphatic heterocycles. The molecular formula is C29H36N4O4S. The Hall–Kier alpha value is -3.59. The number of hydrogen-bond acceptors (Lipinski definition) is 7. The monoisotopic (exact) mass is 536 g/mol. The zero-order valence-corrected chi connectivity index (χ0v) is 23.6. The summed E-state index contributed by atoms with van der Waals surface area (Å²) >= 11 is 1.42. The molecule has 0 unspecified atom stereocenters. The van der Waals surface area contributed by atoms with E-state index in [0.717, 1.165) is 17.7 Å². The first-order valence-corrected chi connectivity index (χ1v) is 13.7. The maximum Gasteiger partial charge on any atom is 0.273 e. The first kappa shape index (κ1) is 27.4. The number of nitrogens with zero attached hydrogens (tertiary/aromatic N) is 3. The van der Waals surface area contributed by atoms with Crippen molar-refractivity contribution in [1.29, 1.82) is 0 Å². The summed E-state index contributed by atoms with van der Waals surface area (Å²) in [5.41, 5.74) is 4.91. The number of carbonyl (C=O) groups is 2. The van der Waals surface area contributed by atoms with Gasteiger partial charge in [-0.2, -0.15) is 0 Å². The molecular weight excluding hydrogens is 500 g/mol. The van der Waals surface area contributed by atoms with Crippen LogP contribution >= 0.6 is 11.3 Å². The Labute approximate surface area is 228 Å². The van der Waals surface area contributed by atoms with Crippen LogP contribution in [0.1, 0.15) is 40.0 Å². The van der Waals surface area contributed by atoms with Gasteiger partial charge < -0.3 is 24.6 Å². The van der Waals surface area contributed by atoms with Gasteiger partial charge in [0.15, 0.2) is 16.6 Å². The summed E-state index contributed by atoms with van der Waals surface area (Å²) in [4.78, 5) is 34.2. The van der Waals surface area contributed by atoms with Crippen molar-refractivity contribution in [3.8, 4) is 11.5 Å². The fourth-order valence-electron chi connectivity index (χ4n) is 4.62. The van der Waals surface area contributed by atoms with E-state index in [9.17, 15) is 9.59 Å². The quantitative estimate of drug-likeness (QED) is 0.411. The molecule has 1 saturated heterocycles. The lowest BCUT2D eigenvalue weighted by Crippen LogP contribution is -2.44. The number of likely N-dealkylation sites (tertiary alicyclic amines) is 1. The average molecular weight is 537 g/mol. The van der Waals surface area contributed by atoms with Crippen LogP contribution < -0.4 is 14.8 Å². The minimum absolute atomic E-state index is 0.0770. The third-order valence-corrected chi connectivity index (χ3v) is 7.93. The zero-order chi connectivity index (χ0) is 27.2. The Kier molecular flexibility index (Phi) is 8.89. The summed E-state index contributed by atoms with van der Waals surface area (Å²) in [5, 5.41) is 5.78. The van der Waals surface area contributed by atoms with Crippen molar-refractivity contribution in [2.24, 2.45) is 5.92 Å².